The van der Waals surface area contributed by atoms with Crippen LogP contribution in [0.25, 0.3) is 6.08 Å². The average molecular weight is 362 g/mol. The highest BCUT2D eigenvalue weighted by molar-refractivity contribution is 6.14. The molecule has 0 amide bonds. The first kappa shape index (κ1) is 16.7. The molecular weight excluding hydrogens is 348 g/mol. The Morgan fingerprint density at radius 1 is 1.07 bits per heavy atom. The summed E-state index contributed by atoms with van der Waals surface area (Å²) >= 11 is 0. The maximum Gasteiger partial charge on any atom is 0.379 e. The van der Waals surface area contributed by atoms with Gasteiger partial charge in [0.25, 0.3) is 0 Å². The van der Waals surface area contributed by atoms with Gasteiger partial charge in [-0.2, -0.15) is 0 Å². The first-order valence-corrected chi connectivity index (χ1v) is 8.13. The van der Waals surface area contributed by atoms with E-state index in [-0.39, 0.29) is 23.1 Å². The van der Waals surface area contributed by atoms with Crippen molar-refractivity contribution in [3.05, 3.63) is 83.5 Å². The molecule has 134 valence electrons. The van der Waals surface area contributed by atoms with Gasteiger partial charge in [0, 0.05) is 11.6 Å². The summed E-state index contributed by atoms with van der Waals surface area (Å²) in [6.45, 7) is 0. The molecule has 3 aromatic rings. The zero-order chi connectivity index (χ0) is 18.8. The maximum absolute atomic E-state index is 12.6. The summed E-state index contributed by atoms with van der Waals surface area (Å²) in [6, 6.07) is 15.0. The Balaban J connectivity index is 1.59. The summed E-state index contributed by atoms with van der Waals surface area (Å²) in [5, 5.41) is 0. The van der Waals surface area contributed by atoms with E-state index < -0.39 is 5.97 Å². The van der Waals surface area contributed by atoms with Gasteiger partial charge in [-0.15, -0.1) is 0 Å². The van der Waals surface area contributed by atoms with E-state index in [9.17, 15) is 9.59 Å². The lowest BCUT2D eigenvalue weighted by atomic mass is 10.1. The normalized spacial score (nSPS) is 14.0. The quantitative estimate of drug-likeness (QED) is 0.395. The van der Waals surface area contributed by atoms with E-state index in [2.05, 4.69) is 0 Å². The van der Waals surface area contributed by atoms with Crippen LogP contribution in [0.3, 0.4) is 0 Å². The van der Waals surface area contributed by atoms with Crippen molar-refractivity contribution in [1.82, 2.24) is 0 Å². The van der Waals surface area contributed by atoms with Gasteiger partial charge in [0.15, 0.2) is 5.76 Å². The van der Waals surface area contributed by atoms with E-state index in [4.69, 9.17) is 18.6 Å². The van der Waals surface area contributed by atoms with Crippen LogP contribution in [0, 0.1) is 0 Å². The SMILES string of the molecule is COc1ccccc1/C=C1/Oc2cc(OC(=O)c3ccco3)ccc2C1=O. The summed E-state index contributed by atoms with van der Waals surface area (Å²) in [4.78, 5) is 24.5. The lowest BCUT2D eigenvalue weighted by Crippen LogP contribution is -2.07. The van der Waals surface area contributed by atoms with Crippen molar-refractivity contribution in [2.45, 2.75) is 0 Å². The Kier molecular flexibility index (Phi) is 4.22. The van der Waals surface area contributed by atoms with Crippen molar-refractivity contribution in [3.63, 3.8) is 0 Å². The summed E-state index contributed by atoms with van der Waals surface area (Å²) in [7, 11) is 1.56. The van der Waals surface area contributed by atoms with Gasteiger partial charge in [-0.05, 0) is 36.4 Å². The molecule has 0 N–H and O–H groups in total. The van der Waals surface area contributed by atoms with Crippen molar-refractivity contribution >= 4 is 17.8 Å². The van der Waals surface area contributed by atoms with Gasteiger partial charge in [-0.1, -0.05) is 18.2 Å². The highest BCUT2D eigenvalue weighted by atomic mass is 16.5. The Morgan fingerprint density at radius 3 is 2.70 bits per heavy atom. The van der Waals surface area contributed by atoms with Crippen molar-refractivity contribution in [3.8, 4) is 17.2 Å². The van der Waals surface area contributed by atoms with E-state index in [0.717, 1.165) is 5.56 Å². The van der Waals surface area contributed by atoms with Crippen LogP contribution >= 0.6 is 0 Å². The van der Waals surface area contributed by atoms with Crippen LogP contribution in [-0.4, -0.2) is 18.9 Å². The van der Waals surface area contributed by atoms with E-state index in [1.54, 1.807) is 31.4 Å². The van der Waals surface area contributed by atoms with Crippen molar-refractivity contribution in [1.29, 1.82) is 0 Å². The number of ether oxygens (including phenoxy) is 3. The summed E-state index contributed by atoms with van der Waals surface area (Å²) in [5.74, 6) is 0.583. The van der Waals surface area contributed by atoms with Gasteiger partial charge in [0.2, 0.25) is 11.5 Å². The molecule has 0 saturated heterocycles. The third-order valence-electron chi connectivity index (χ3n) is 4.00. The van der Waals surface area contributed by atoms with Gasteiger partial charge < -0.3 is 18.6 Å². The Bertz CT molecular complexity index is 1050. The van der Waals surface area contributed by atoms with Crippen LogP contribution in [0.5, 0.6) is 17.2 Å². The number of benzene rings is 2. The second-order valence-corrected chi connectivity index (χ2v) is 5.71. The minimum Gasteiger partial charge on any atom is -0.496 e. The molecule has 1 aromatic heterocycles. The molecule has 4 rings (SSSR count). The zero-order valence-corrected chi connectivity index (χ0v) is 14.3. The second-order valence-electron chi connectivity index (χ2n) is 5.71. The van der Waals surface area contributed by atoms with Gasteiger partial charge in [-0.25, -0.2) is 4.79 Å². The summed E-state index contributed by atoms with van der Waals surface area (Å²) < 4.78 is 21.2. The average Bonchev–Trinajstić information content (AvgIpc) is 3.31. The molecule has 0 bridgehead atoms. The third kappa shape index (κ3) is 3.20. The smallest absolute Gasteiger partial charge is 0.379 e. The summed E-state index contributed by atoms with van der Waals surface area (Å²) in [5.41, 5.74) is 1.12. The number of allylic oxidation sites excluding steroid dienone is 1. The number of esters is 1. The number of furan rings is 1. The Morgan fingerprint density at radius 2 is 1.93 bits per heavy atom. The van der Waals surface area contributed by atoms with E-state index >= 15 is 0 Å². The lowest BCUT2D eigenvalue weighted by Gasteiger charge is -2.05. The molecule has 6 nitrogen and oxygen atoms in total. The molecule has 2 heterocycles. The third-order valence-corrected chi connectivity index (χ3v) is 4.00. The standard InChI is InChI=1S/C21H14O6/c1-24-16-6-3-2-5-13(16)11-19-20(22)15-9-8-14(12-18(15)27-19)26-21(23)17-7-4-10-25-17/h2-12H,1H3/b19-11+. The topological polar surface area (TPSA) is 75.0 Å². The van der Waals surface area contributed by atoms with Crippen LogP contribution in [-0.2, 0) is 0 Å². The number of fused-ring (bicyclic) bond motifs is 1. The van der Waals surface area contributed by atoms with Gasteiger partial charge in [0.1, 0.15) is 17.2 Å². The molecule has 0 saturated carbocycles. The lowest BCUT2D eigenvalue weighted by molar-refractivity contribution is 0.0701. The Labute approximate surface area is 154 Å². The maximum atomic E-state index is 12.6. The van der Waals surface area contributed by atoms with Crippen LogP contribution in [0.2, 0.25) is 0 Å². The minimum atomic E-state index is -0.630. The highest BCUT2D eigenvalue weighted by Crippen LogP contribution is 2.35. The van der Waals surface area contributed by atoms with Gasteiger partial charge >= 0.3 is 5.97 Å². The molecule has 0 aliphatic carbocycles. The number of ketones is 1. The molecule has 0 unspecified atom stereocenters. The van der Waals surface area contributed by atoms with Gasteiger partial charge in [0.05, 0.1) is 18.9 Å². The largest absolute Gasteiger partial charge is 0.496 e. The minimum absolute atomic E-state index is 0.0873. The number of methoxy groups -OCH3 is 1. The van der Waals surface area contributed by atoms with Crippen LogP contribution in [0.1, 0.15) is 26.5 Å². The van der Waals surface area contributed by atoms with E-state index in [1.807, 2.05) is 18.2 Å². The predicted molar refractivity (Wildman–Crippen MR) is 96.0 cm³/mol. The van der Waals surface area contributed by atoms with Crippen molar-refractivity contribution < 1.29 is 28.2 Å². The molecule has 27 heavy (non-hydrogen) atoms. The summed E-state index contributed by atoms with van der Waals surface area (Å²) in [6.07, 6.45) is 3.01. The number of carbonyl (C=O) groups excluding carboxylic acids is 2. The van der Waals surface area contributed by atoms with Gasteiger partial charge in [-0.3, -0.25) is 4.79 Å². The molecule has 0 fully saturated rings. The second kappa shape index (κ2) is 6.84. The Hall–Kier alpha value is -3.80. The molecule has 0 radical (unpaired) electrons. The molecule has 6 heteroatoms. The van der Waals surface area contributed by atoms with E-state index in [1.165, 1.54) is 24.5 Å². The van der Waals surface area contributed by atoms with Crippen LogP contribution in [0.4, 0.5) is 0 Å². The molecule has 1 aliphatic heterocycles. The number of carbonyl (C=O) groups is 2. The molecule has 0 spiro atoms. The van der Waals surface area contributed by atoms with Crippen LogP contribution < -0.4 is 14.2 Å². The molecule has 2 aromatic carbocycles. The molecule has 1 aliphatic rings. The molecule has 0 atom stereocenters. The monoisotopic (exact) mass is 362 g/mol. The zero-order valence-electron chi connectivity index (χ0n) is 14.3. The van der Waals surface area contributed by atoms with Crippen molar-refractivity contribution in [2.75, 3.05) is 7.11 Å². The van der Waals surface area contributed by atoms with Crippen LogP contribution in [0.15, 0.2) is 71.0 Å². The fraction of sp³-hybridized carbons (Fsp3) is 0.0476. The number of hydrogen-bond donors (Lipinski definition) is 0. The number of para-hydroxylation sites is 1. The number of rotatable bonds is 4. The first-order chi connectivity index (χ1) is 13.2. The first-order valence-electron chi connectivity index (χ1n) is 8.13. The fourth-order valence-corrected chi connectivity index (χ4v) is 2.71. The highest BCUT2D eigenvalue weighted by Gasteiger charge is 2.28. The molecular formula is C21H14O6. The number of Topliss-reactive ketones (excluding diaryl/α,β-unsaturated/α-hetero) is 1. The number of hydrogen-bond acceptors (Lipinski definition) is 6. The predicted octanol–water partition coefficient (Wildman–Crippen LogP) is 4.12. The van der Waals surface area contributed by atoms with E-state index in [0.29, 0.717) is 17.1 Å². The fourth-order valence-electron chi connectivity index (χ4n) is 2.71. The van der Waals surface area contributed by atoms with Crippen molar-refractivity contribution in [2.24, 2.45) is 0 Å².